The molecule has 1 aromatic heterocycles. The van der Waals surface area contributed by atoms with Gasteiger partial charge in [0.2, 0.25) is 5.43 Å². The molecule has 5 rings (SSSR count). The topological polar surface area (TPSA) is 57.9 Å². The highest BCUT2D eigenvalue weighted by Gasteiger charge is 2.17. The van der Waals surface area contributed by atoms with Crippen molar-refractivity contribution >= 4 is 22.6 Å². The Morgan fingerprint density at radius 1 is 1.06 bits per heavy atom. The first-order chi connectivity index (χ1) is 16.0. The minimum atomic E-state index is -0.433. The molecule has 0 aliphatic carbocycles. The van der Waals surface area contributed by atoms with E-state index in [0.717, 1.165) is 5.56 Å². The van der Waals surface area contributed by atoms with Crippen molar-refractivity contribution in [1.29, 1.82) is 0 Å². The van der Waals surface area contributed by atoms with E-state index in [1.54, 1.807) is 36.4 Å². The molecule has 0 radical (unpaired) electrons. The molecule has 5 nitrogen and oxygen atoms in total. The summed E-state index contributed by atoms with van der Waals surface area (Å²) in [7, 11) is 0. The summed E-state index contributed by atoms with van der Waals surface area (Å²) in [6, 6.07) is 13.3. The highest BCUT2D eigenvalue weighted by molar-refractivity contribution is 6.31. The molecule has 0 saturated heterocycles. The van der Waals surface area contributed by atoms with Crippen molar-refractivity contribution in [2.24, 2.45) is 0 Å². The van der Waals surface area contributed by atoms with Crippen LogP contribution in [0.25, 0.3) is 22.1 Å². The summed E-state index contributed by atoms with van der Waals surface area (Å²) in [6.07, 6.45) is 2.04. The predicted molar refractivity (Wildman–Crippen MR) is 124 cm³/mol. The number of ether oxygens (including phenoxy) is 3. The van der Waals surface area contributed by atoms with Crippen LogP contribution in [0.4, 0.5) is 4.39 Å². The lowest BCUT2D eigenvalue weighted by Crippen LogP contribution is -2.15. The van der Waals surface area contributed by atoms with Crippen LogP contribution in [0, 0.1) is 5.82 Å². The highest BCUT2D eigenvalue weighted by atomic mass is 35.5. The van der Waals surface area contributed by atoms with Crippen molar-refractivity contribution in [3.63, 3.8) is 0 Å². The molecule has 0 N–H and O–H groups in total. The molecule has 1 aliphatic heterocycles. The third kappa shape index (κ3) is 4.02. The van der Waals surface area contributed by atoms with E-state index in [-0.39, 0.29) is 17.6 Å². The van der Waals surface area contributed by atoms with Gasteiger partial charge in [0.1, 0.15) is 43.2 Å². The molecule has 4 aromatic rings. The molecule has 0 fully saturated rings. The van der Waals surface area contributed by atoms with E-state index in [1.165, 1.54) is 12.3 Å². The third-order valence-corrected chi connectivity index (χ3v) is 5.98. The molecule has 1 aliphatic rings. The van der Waals surface area contributed by atoms with Crippen LogP contribution in [0.2, 0.25) is 5.02 Å². The standard InChI is InChI=1S/C26H20ClFO5/c1-2-15-10-17-24(12-23(15)32-14-19-20(27)4-3-5-21(19)28)33-13-18(26(17)29)16-6-7-22-25(11-16)31-9-8-30-22/h3-7,10-13H,2,8-9,14H2,1H3. The molecule has 0 saturated carbocycles. The van der Waals surface area contributed by atoms with E-state index in [2.05, 4.69) is 0 Å². The van der Waals surface area contributed by atoms with Gasteiger partial charge in [0.15, 0.2) is 11.5 Å². The molecule has 168 valence electrons. The molecule has 2 heterocycles. The fraction of sp³-hybridized carbons (Fsp3) is 0.192. The average Bonchev–Trinajstić information content (AvgIpc) is 2.83. The maximum Gasteiger partial charge on any atom is 0.200 e. The Bertz CT molecular complexity index is 1390. The number of halogens is 2. The van der Waals surface area contributed by atoms with Gasteiger partial charge in [0.25, 0.3) is 0 Å². The summed E-state index contributed by atoms with van der Waals surface area (Å²) in [4.78, 5) is 13.3. The van der Waals surface area contributed by atoms with Gasteiger partial charge in [-0.1, -0.05) is 30.7 Å². The maximum absolute atomic E-state index is 14.1. The van der Waals surface area contributed by atoms with Gasteiger partial charge in [-0.25, -0.2) is 4.39 Å². The zero-order valence-corrected chi connectivity index (χ0v) is 18.6. The van der Waals surface area contributed by atoms with E-state index in [4.69, 9.17) is 30.2 Å². The van der Waals surface area contributed by atoms with E-state index in [0.29, 0.717) is 64.0 Å². The minimum Gasteiger partial charge on any atom is -0.488 e. The summed E-state index contributed by atoms with van der Waals surface area (Å²) in [5.74, 6) is 1.33. The number of aryl methyl sites for hydroxylation is 1. The molecule has 3 aromatic carbocycles. The van der Waals surface area contributed by atoms with Crippen LogP contribution in [0.15, 0.2) is 64.0 Å². The number of rotatable bonds is 5. The van der Waals surface area contributed by atoms with Crippen molar-refractivity contribution in [3.05, 3.63) is 87.0 Å². The smallest absolute Gasteiger partial charge is 0.200 e. The van der Waals surface area contributed by atoms with Crippen LogP contribution in [-0.2, 0) is 13.0 Å². The van der Waals surface area contributed by atoms with Crippen LogP contribution >= 0.6 is 11.6 Å². The maximum atomic E-state index is 14.1. The molecular weight excluding hydrogens is 447 g/mol. The summed E-state index contributed by atoms with van der Waals surface area (Å²) in [6.45, 7) is 2.88. The lowest BCUT2D eigenvalue weighted by atomic mass is 10.0. The Balaban J connectivity index is 1.51. The zero-order chi connectivity index (χ0) is 22.9. The lowest BCUT2D eigenvalue weighted by Gasteiger charge is -2.18. The molecule has 0 bridgehead atoms. The third-order valence-electron chi connectivity index (χ3n) is 5.62. The molecule has 0 amide bonds. The fourth-order valence-corrected chi connectivity index (χ4v) is 4.06. The van der Waals surface area contributed by atoms with Crippen LogP contribution in [0.1, 0.15) is 18.1 Å². The monoisotopic (exact) mass is 466 g/mol. The Morgan fingerprint density at radius 2 is 1.88 bits per heavy atom. The van der Waals surface area contributed by atoms with Gasteiger partial charge in [-0.3, -0.25) is 4.79 Å². The number of hydrogen-bond donors (Lipinski definition) is 0. The molecule has 0 spiro atoms. The lowest BCUT2D eigenvalue weighted by molar-refractivity contribution is 0.171. The van der Waals surface area contributed by atoms with Crippen molar-refractivity contribution in [2.75, 3.05) is 13.2 Å². The Morgan fingerprint density at radius 3 is 2.67 bits per heavy atom. The van der Waals surface area contributed by atoms with Crippen molar-refractivity contribution in [1.82, 2.24) is 0 Å². The highest BCUT2D eigenvalue weighted by Crippen LogP contribution is 2.35. The summed E-state index contributed by atoms with van der Waals surface area (Å²) >= 11 is 6.11. The average molecular weight is 467 g/mol. The summed E-state index contributed by atoms with van der Waals surface area (Å²) in [5, 5.41) is 0.736. The van der Waals surface area contributed by atoms with Crippen molar-refractivity contribution in [2.45, 2.75) is 20.0 Å². The minimum absolute atomic E-state index is 0.0382. The van der Waals surface area contributed by atoms with Gasteiger partial charge in [-0.15, -0.1) is 0 Å². The zero-order valence-electron chi connectivity index (χ0n) is 17.8. The number of fused-ring (bicyclic) bond motifs is 2. The van der Waals surface area contributed by atoms with Gasteiger partial charge in [-0.05, 0) is 47.9 Å². The van der Waals surface area contributed by atoms with Gasteiger partial charge in [-0.2, -0.15) is 0 Å². The Kier molecular flexibility index (Phi) is 5.68. The first-order valence-corrected chi connectivity index (χ1v) is 11.0. The van der Waals surface area contributed by atoms with Crippen LogP contribution in [0.3, 0.4) is 0 Å². The van der Waals surface area contributed by atoms with Gasteiger partial charge < -0.3 is 18.6 Å². The number of benzene rings is 3. The molecule has 0 atom stereocenters. The Labute approximate surface area is 194 Å². The Hall–Kier alpha value is -3.51. The second kappa shape index (κ2) is 8.79. The molecule has 33 heavy (non-hydrogen) atoms. The van der Waals surface area contributed by atoms with Crippen LogP contribution < -0.4 is 19.6 Å². The predicted octanol–water partition coefficient (Wildman–Crippen LogP) is 6.17. The summed E-state index contributed by atoms with van der Waals surface area (Å²) in [5.41, 5.74) is 2.41. The quantitative estimate of drug-likeness (QED) is 0.352. The van der Waals surface area contributed by atoms with E-state index in [1.807, 2.05) is 13.0 Å². The molecule has 0 unspecified atom stereocenters. The normalized spacial score (nSPS) is 12.7. The summed E-state index contributed by atoms with van der Waals surface area (Å²) < 4.78 is 37.0. The van der Waals surface area contributed by atoms with Crippen molar-refractivity contribution in [3.8, 4) is 28.4 Å². The first kappa shape index (κ1) is 21.3. The van der Waals surface area contributed by atoms with E-state index >= 15 is 0 Å². The SMILES string of the molecule is CCc1cc2c(=O)c(-c3ccc4c(c3)OCCO4)coc2cc1OCc1c(F)cccc1Cl. The largest absolute Gasteiger partial charge is 0.488 e. The van der Waals surface area contributed by atoms with Gasteiger partial charge in [0.05, 0.1) is 16.0 Å². The van der Waals surface area contributed by atoms with Gasteiger partial charge >= 0.3 is 0 Å². The first-order valence-electron chi connectivity index (χ1n) is 10.6. The van der Waals surface area contributed by atoms with E-state index in [9.17, 15) is 9.18 Å². The second-order valence-electron chi connectivity index (χ2n) is 7.64. The van der Waals surface area contributed by atoms with E-state index < -0.39 is 5.82 Å². The second-order valence-corrected chi connectivity index (χ2v) is 8.04. The molecule has 7 heteroatoms. The fourth-order valence-electron chi connectivity index (χ4n) is 3.84. The van der Waals surface area contributed by atoms with Crippen molar-refractivity contribution < 1.29 is 23.0 Å². The van der Waals surface area contributed by atoms with Crippen LogP contribution in [-0.4, -0.2) is 13.2 Å². The molecular formula is C26H20ClFO5. The van der Waals surface area contributed by atoms with Gasteiger partial charge in [0, 0.05) is 11.6 Å². The van der Waals surface area contributed by atoms with Crippen LogP contribution in [0.5, 0.6) is 17.2 Å². The number of hydrogen-bond acceptors (Lipinski definition) is 5.